The highest BCUT2D eigenvalue weighted by molar-refractivity contribution is 6.03. The van der Waals surface area contributed by atoms with Crippen LogP contribution in [0.1, 0.15) is 61.8 Å². The summed E-state index contributed by atoms with van der Waals surface area (Å²) >= 11 is 0. The second-order valence-corrected chi connectivity index (χ2v) is 11.4. The molecule has 0 aliphatic rings. The van der Waals surface area contributed by atoms with Crippen molar-refractivity contribution in [1.82, 2.24) is 4.98 Å². The van der Waals surface area contributed by atoms with E-state index in [4.69, 9.17) is 5.11 Å². The summed E-state index contributed by atoms with van der Waals surface area (Å²) in [7, 11) is 3.24. The van der Waals surface area contributed by atoms with Gasteiger partial charge in [0.15, 0.2) is 0 Å². The Hall–Kier alpha value is -4.04. The van der Waals surface area contributed by atoms with Crippen LogP contribution in [0.15, 0.2) is 54.7 Å². The van der Waals surface area contributed by atoms with Gasteiger partial charge in [-0.2, -0.15) is 26.3 Å². The number of hydrogen-bond acceptors (Lipinski definition) is 4. The van der Waals surface area contributed by atoms with Gasteiger partial charge in [0.05, 0.1) is 35.0 Å². The zero-order valence-electron chi connectivity index (χ0n) is 25.9. The smallest absolute Gasteiger partial charge is 0.396 e. The molecule has 242 valence electrons. The van der Waals surface area contributed by atoms with Crippen molar-refractivity contribution in [2.75, 3.05) is 37.0 Å². The molecule has 45 heavy (non-hydrogen) atoms. The zero-order chi connectivity index (χ0) is 33.6. The fourth-order valence-electron chi connectivity index (χ4n) is 4.82. The van der Waals surface area contributed by atoms with Crippen LogP contribution in [0.25, 0.3) is 11.1 Å². The molecule has 0 aliphatic carbocycles. The molecule has 1 amide bonds. The first-order valence-corrected chi connectivity index (χ1v) is 14.4. The number of anilines is 2. The second-order valence-electron chi connectivity index (χ2n) is 11.4. The van der Waals surface area contributed by atoms with Crippen molar-refractivity contribution < 1.29 is 36.2 Å². The molecule has 11 heteroatoms. The average Bonchev–Trinajstić information content (AvgIpc) is 2.98. The lowest BCUT2D eigenvalue weighted by molar-refractivity contribution is -0.143. The highest BCUT2D eigenvalue weighted by Crippen LogP contribution is 2.41. The molecule has 0 atom stereocenters. The minimum atomic E-state index is -5.05. The Morgan fingerprint density at radius 2 is 1.44 bits per heavy atom. The van der Waals surface area contributed by atoms with Crippen molar-refractivity contribution in [3.8, 4) is 23.0 Å². The van der Waals surface area contributed by atoms with Crippen LogP contribution in [0.2, 0.25) is 0 Å². The van der Waals surface area contributed by atoms with E-state index in [2.05, 4.69) is 16.8 Å². The standard InChI is InChI=1S/C34H37F6N3O2/c1-23-14-10-11-15-27(23)28-21-30(42(4)16-12-8-6-7-9-13-17-44)41-22-29(28)43(5)31(45)32(2,3)24-18-25(33(35,36)37)20-26(19-24)34(38,39)40/h10-11,14-15,18-22,44H,6-7,9,13,16-17H2,1-5H3. The minimum Gasteiger partial charge on any atom is -0.396 e. The van der Waals surface area contributed by atoms with Gasteiger partial charge in [-0.1, -0.05) is 36.6 Å². The lowest BCUT2D eigenvalue weighted by Gasteiger charge is -2.32. The molecular weight excluding hydrogens is 596 g/mol. The minimum absolute atomic E-state index is 0.0465. The SMILES string of the molecule is Cc1ccccc1-c1cc(N(C)CC#CCCCCCO)ncc1N(C)C(=O)C(C)(C)c1cc(C(F)(F)F)cc(C(F)(F)F)c1. The van der Waals surface area contributed by atoms with Gasteiger partial charge in [-0.3, -0.25) is 4.79 Å². The number of alkyl halides is 6. The van der Waals surface area contributed by atoms with Crippen molar-refractivity contribution in [2.24, 2.45) is 0 Å². The van der Waals surface area contributed by atoms with E-state index in [9.17, 15) is 31.1 Å². The number of pyridine rings is 1. The molecule has 2 aromatic carbocycles. The highest BCUT2D eigenvalue weighted by atomic mass is 19.4. The molecule has 0 fully saturated rings. The molecule has 0 saturated carbocycles. The van der Waals surface area contributed by atoms with Crippen molar-refractivity contribution in [1.29, 1.82) is 0 Å². The van der Waals surface area contributed by atoms with E-state index in [1.807, 2.05) is 43.1 Å². The summed E-state index contributed by atoms with van der Waals surface area (Å²) in [5.41, 5.74) is -2.58. The van der Waals surface area contributed by atoms with Crippen LogP contribution in [0.4, 0.5) is 37.8 Å². The molecule has 0 spiro atoms. The number of unbranched alkanes of at least 4 members (excludes halogenated alkanes) is 3. The summed E-state index contributed by atoms with van der Waals surface area (Å²) in [6.45, 7) is 5.01. The van der Waals surface area contributed by atoms with E-state index in [1.54, 1.807) is 6.07 Å². The fourth-order valence-corrected chi connectivity index (χ4v) is 4.82. The van der Waals surface area contributed by atoms with Gasteiger partial charge in [-0.05, 0) is 74.6 Å². The number of carbonyl (C=O) groups is 1. The number of aromatic nitrogens is 1. The van der Waals surface area contributed by atoms with Crippen LogP contribution >= 0.6 is 0 Å². The van der Waals surface area contributed by atoms with E-state index in [-0.39, 0.29) is 12.7 Å². The first kappa shape index (κ1) is 35.4. The molecule has 5 nitrogen and oxygen atoms in total. The normalized spacial score (nSPS) is 12.0. The Morgan fingerprint density at radius 3 is 2.02 bits per heavy atom. The molecule has 0 saturated heterocycles. The lowest BCUT2D eigenvalue weighted by Crippen LogP contribution is -2.42. The number of carbonyl (C=O) groups excluding carboxylic acids is 1. The van der Waals surface area contributed by atoms with E-state index >= 15 is 0 Å². The van der Waals surface area contributed by atoms with Gasteiger partial charge in [0.1, 0.15) is 5.82 Å². The summed E-state index contributed by atoms with van der Waals surface area (Å²) in [4.78, 5) is 21.5. The van der Waals surface area contributed by atoms with Crippen molar-refractivity contribution >= 4 is 17.4 Å². The van der Waals surface area contributed by atoms with E-state index in [0.717, 1.165) is 30.4 Å². The Balaban J connectivity index is 2.02. The lowest BCUT2D eigenvalue weighted by atomic mass is 9.81. The summed E-state index contributed by atoms with van der Waals surface area (Å²) in [5.74, 6) is 6.05. The van der Waals surface area contributed by atoms with Crippen LogP contribution in [-0.4, -0.2) is 43.2 Å². The molecule has 3 aromatic rings. The van der Waals surface area contributed by atoms with E-state index in [1.165, 1.54) is 32.0 Å². The van der Waals surface area contributed by atoms with Gasteiger partial charge < -0.3 is 14.9 Å². The molecule has 0 bridgehead atoms. The van der Waals surface area contributed by atoms with Crippen molar-refractivity contribution in [3.63, 3.8) is 0 Å². The fraction of sp³-hybridized carbons (Fsp3) is 0.412. The van der Waals surface area contributed by atoms with Crippen LogP contribution in [0.3, 0.4) is 0 Å². The number of likely N-dealkylation sites (N-methyl/N-ethyl adjacent to an activating group) is 1. The number of rotatable bonds is 10. The molecule has 1 aromatic heterocycles. The van der Waals surface area contributed by atoms with Gasteiger partial charge in [0.2, 0.25) is 5.91 Å². The summed E-state index contributed by atoms with van der Waals surface area (Å²) in [6.07, 6.45) is -5.40. The van der Waals surface area contributed by atoms with Gasteiger partial charge in [-0.25, -0.2) is 4.98 Å². The summed E-state index contributed by atoms with van der Waals surface area (Å²) < 4.78 is 81.6. The number of hydrogen-bond donors (Lipinski definition) is 1. The van der Waals surface area contributed by atoms with E-state index in [0.29, 0.717) is 42.2 Å². The molecular formula is C34H37F6N3O2. The van der Waals surface area contributed by atoms with Gasteiger partial charge in [-0.15, -0.1) is 5.92 Å². The Morgan fingerprint density at radius 1 is 0.844 bits per heavy atom. The maximum absolute atomic E-state index is 13.9. The number of benzene rings is 2. The van der Waals surface area contributed by atoms with Crippen LogP contribution in [0, 0.1) is 18.8 Å². The molecule has 0 aliphatic heterocycles. The molecule has 0 unspecified atom stereocenters. The predicted octanol–water partition coefficient (Wildman–Crippen LogP) is 8.03. The van der Waals surface area contributed by atoms with Crippen LogP contribution < -0.4 is 9.80 Å². The zero-order valence-corrected chi connectivity index (χ0v) is 25.9. The number of aryl methyl sites for hydroxylation is 1. The van der Waals surface area contributed by atoms with Gasteiger partial charge in [0, 0.05) is 32.7 Å². The summed E-state index contributed by atoms with van der Waals surface area (Å²) in [6, 6.07) is 10.4. The molecule has 1 N–H and O–H groups in total. The van der Waals surface area contributed by atoms with Crippen LogP contribution in [0.5, 0.6) is 0 Å². The molecule has 1 heterocycles. The number of aliphatic hydroxyl groups is 1. The third-order valence-corrected chi connectivity index (χ3v) is 7.61. The predicted molar refractivity (Wildman–Crippen MR) is 164 cm³/mol. The van der Waals surface area contributed by atoms with Crippen LogP contribution in [-0.2, 0) is 22.6 Å². The van der Waals surface area contributed by atoms with Crippen molar-refractivity contribution in [3.05, 3.63) is 77.0 Å². The average molecular weight is 634 g/mol. The quantitative estimate of drug-likeness (QED) is 0.140. The second kappa shape index (κ2) is 14.4. The number of amides is 1. The first-order valence-electron chi connectivity index (χ1n) is 14.4. The Bertz CT molecular complexity index is 1520. The van der Waals surface area contributed by atoms with Gasteiger partial charge in [0.25, 0.3) is 0 Å². The largest absolute Gasteiger partial charge is 0.416 e. The number of aliphatic hydroxyl groups excluding tert-OH is 1. The third-order valence-electron chi connectivity index (χ3n) is 7.61. The maximum atomic E-state index is 13.9. The monoisotopic (exact) mass is 633 g/mol. The molecule has 0 radical (unpaired) electrons. The first-order chi connectivity index (χ1) is 21.0. The topological polar surface area (TPSA) is 56.7 Å². The highest BCUT2D eigenvalue weighted by Gasteiger charge is 2.41. The number of nitrogens with zero attached hydrogens (tertiary/aromatic N) is 3. The third kappa shape index (κ3) is 8.78. The maximum Gasteiger partial charge on any atom is 0.416 e. The van der Waals surface area contributed by atoms with E-state index < -0.39 is 40.4 Å². The summed E-state index contributed by atoms with van der Waals surface area (Å²) in [5, 5.41) is 8.89. The Labute approximate surface area is 259 Å². The van der Waals surface area contributed by atoms with Crippen molar-refractivity contribution in [2.45, 2.75) is 64.2 Å². The van der Waals surface area contributed by atoms with Gasteiger partial charge >= 0.3 is 12.4 Å². The molecule has 3 rings (SSSR count). The Kier molecular flexibility index (Phi) is 11.3. The number of halogens is 6.